The van der Waals surface area contributed by atoms with E-state index in [1.54, 1.807) is 23.9 Å². The lowest BCUT2D eigenvalue weighted by atomic mass is 10.2. The van der Waals surface area contributed by atoms with E-state index in [-0.39, 0.29) is 11.9 Å². The number of benzene rings is 2. The van der Waals surface area contributed by atoms with Gasteiger partial charge in [-0.3, -0.25) is 4.79 Å². The van der Waals surface area contributed by atoms with Gasteiger partial charge in [0.15, 0.2) is 0 Å². The first-order valence-corrected chi connectivity index (χ1v) is 11.1. The van der Waals surface area contributed by atoms with Gasteiger partial charge in [-0.05, 0) is 49.6 Å². The summed E-state index contributed by atoms with van der Waals surface area (Å²) in [4.78, 5) is 14.7. The largest absolute Gasteiger partial charge is 0.419 e. The third-order valence-corrected chi connectivity index (χ3v) is 6.03. The number of carbonyl (C=O) groups excluding carboxylic acids is 1. The van der Waals surface area contributed by atoms with Gasteiger partial charge in [0.2, 0.25) is 17.7 Å². The van der Waals surface area contributed by atoms with Crippen LogP contribution in [0.1, 0.15) is 29.9 Å². The summed E-state index contributed by atoms with van der Waals surface area (Å²) in [6.45, 7) is 2.43. The van der Waals surface area contributed by atoms with Crippen molar-refractivity contribution < 1.29 is 9.21 Å². The van der Waals surface area contributed by atoms with E-state index in [0.717, 1.165) is 24.2 Å². The molecule has 0 unspecified atom stereocenters. The molecule has 4 rings (SSSR count). The first-order valence-electron chi connectivity index (χ1n) is 9.59. The third kappa shape index (κ3) is 5.40. The topological polar surface area (TPSA) is 59.2 Å². The Morgan fingerprint density at radius 3 is 2.55 bits per heavy atom. The zero-order valence-corrected chi connectivity index (χ0v) is 17.7. The molecule has 1 saturated carbocycles. The highest BCUT2D eigenvalue weighted by Gasteiger charge is 2.33. The van der Waals surface area contributed by atoms with Crippen LogP contribution in [0.3, 0.4) is 0 Å². The number of carbonyl (C=O) groups is 1. The summed E-state index contributed by atoms with van der Waals surface area (Å²) in [5, 5.41) is 8.90. The molecule has 0 spiro atoms. The molecule has 150 valence electrons. The SMILES string of the molecule is Cc1ccc(CSCC(=O)N(Cc2nnc(-c3ccc(Cl)cc3)o2)C2CC2)cc1. The molecule has 0 saturated heterocycles. The van der Waals surface area contributed by atoms with Crippen LogP contribution in [-0.2, 0) is 17.1 Å². The highest BCUT2D eigenvalue weighted by atomic mass is 35.5. The Morgan fingerprint density at radius 1 is 1.14 bits per heavy atom. The normalized spacial score (nSPS) is 13.4. The minimum atomic E-state index is 0.121. The van der Waals surface area contributed by atoms with Crippen LogP contribution in [0.25, 0.3) is 11.5 Å². The maximum absolute atomic E-state index is 12.8. The molecule has 0 bridgehead atoms. The quantitative estimate of drug-likeness (QED) is 0.499. The number of aryl methyl sites for hydroxylation is 1. The summed E-state index contributed by atoms with van der Waals surface area (Å²) in [5.41, 5.74) is 3.29. The molecule has 7 heteroatoms. The summed E-state index contributed by atoms with van der Waals surface area (Å²) in [5.74, 6) is 2.29. The van der Waals surface area contributed by atoms with Crippen molar-refractivity contribution >= 4 is 29.3 Å². The average molecular weight is 428 g/mol. The van der Waals surface area contributed by atoms with Crippen LogP contribution in [0.2, 0.25) is 5.02 Å². The standard InChI is InChI=1S/C22H22ClN3O2S/c1-15-2-4-16(5-3-15)13-29-14-21(27)26(19-10-11-19)12-20-24-25-22(28-20)17-6-8-18(23)9-7-17/h2-9,19H,10-14H2,1H3. The number of halogens is 1. The van der Waals surface area contributed by atoms with Crippen LogP contribution >= 0.6 is 23.4 Å². The number of nitrogens with zero attached hydrogens (tertiary/aromatic N) is 3. The molecular weight excluding hydrogens is 406 g/mol. The Hall–Kier alpha value is -2.31. The molecule has 1 aliphatic carbocycles. The molecule has 3 aromatic rings. The Morgan fingerprint density at radius 2 is 1.86 bits per heavy atom. The number of amides is 1. The molecule has 1 amide bonds. The molecule has 5 nitrogen and oxygen atoms in total. The van der Waals surface area contributed by atoms with E-state index in [1.165, 1.54) is 11.1 Å². The van der Waals surface area contributed by atoms with E-state index in [0.29, 0.717) is 29.1 Å². The van der Waals surface area contributed by atoms with Crippen molar-refractivity contribution in [3.63, 3.8) is 0 Å². The summed E-state index contributed by atoms with van der Waals surface area (Å²) >= 11 is 7.56. The van der Waals surface area contributed by atoms with Gasteiger partial charge in [-0.15, -0.1) is 22.0 Å². The molecule has 29 heavy (non-hydrogen) atoms. The highest BCUT2D eigenvalue weighted by Crippen LogP contribution is 2.30. The van der Waals surface area contributed by atoms with Gasteiger partial charge in [0.25, 0.3) is 0 Å². The van der Waals surface area contributed by atoms with E-state index >= 15 is 0 Å². The lowest BCUT2D eigenvalue weighted by Gasteiger charge is -2.20. The number of hydrogen-bond acceptors (Lipinski definition) is 5. The van der Waals surface area contributed by atoms with E-state index in [1.807, 2.05) is 17.0 Å². The Balaban J connectivity index is 1.35. The smallest absolute Gasteiger partial charge is 0.247 e. The minimum Gasteiger partial charge on any atom is -0.419 e. The van der Waals surface area contributed by atoms with Crippen LogP contribution in [0.5, 0.6) is 0 Å². The highest BCUT2D eigenvalue weighted by molar-refractivity contribution is 7.99. The zero-order chi connectivity index (χ0) is 20.2. The first-order chi connectivity index (χ1) is 14.1. The van der Waals surface area contributed by atoms with E-state index in [4.69, 9.17) is 16.0 Å². The monoisotopic (exact) mass is 427 g/mol. The number of thioether (sulfide) groups is 1. The minimum absolute atomic E-state index is 0.121. The molecule has 1 fully saturated rings. The maximum atomic E-state index is 12.8. The van der Waals surface area contributed by atoms with Gasteiger partial charge in [-0.25, -0.2) is 0 Å². The van der Waals surface area contributed by atoms with Crippen molar-refractivity contribution in [3.8, 4) is 11.5 Å². The lowest BCUT2D eigenvalue weighted by molar-refractivity contribution is -0.129. The van der Waals surface area contributed by atoms with Crippen LogP contribution in [0.4, 0.5) is 0 Å². The maximum Gasteiger partial charge on any atom is 0.247 e. The molecule has 1 heterocycles. The fourth-order valence-electron chi connectivity index (χ4n) is 3.00. The Kier molecular flexibility index (Phi) is 6.21. The predicted molar refractivity (Wildman–Crippen MR) is 116 cm³/mol. The van der Waals surface area contributed by atoms with Gasteiger partial charge in [-0.2, -0.15) is 0 Å². The molecule has 0 N–H and O–H groups in total. The van der Waals surface area contributed by atoms with Crippen molar-refractivity contribution in [1.82, 2.24) is 15.1 Å². The second kappa shape index (κ2) is 9.01. The second-order valence-electron chi connectivity index (χ2n) is 7.24. The number of hydrogen-bond donors (Lipinski definition) is 0. The predicted octanol–water partition coefficient (Wildman–Crippen LogP) is 5.12. The molecule has 0 aliphatic heterocycles. The van der Waals surface area contributed by atoms with Crippen molar-refractivity contribution in [2.75, 3.05) is 5.75 Å². The van der Waals surface area contributed by atoms with Crippen molar-refractivity contribution in [2.45, 2.75) is 38.1 Å². The van der Waals surface area contributed by atoms with Crippen LogP contribution in [-0.4, -0.2) is 32.8 Å². The summed E-state index contributed by atoms with van der Waals surface area (Å²) < 4.78 is 5.79. The lowest BCUT2D eigenvalue weighted by Crippen LogP contribution is -2.34. The van der Waals surface area contributed by atoms with Gasteiger partial charge < -0.3 is 9.32 Å². The summed E-state index contributed by atoms with van der Waals surface area (Å²) in [7, 11) is 0. The first kappa shape index (κ1) is 20.0. The van der Waals surface area contributed by atoms with Gasteiger partial charge >= 0.3 is 0 Å². The molecule has 1 aromatic heterocycles. The van der Waals surface area contributed by atoms with Crippen molar-refractivity contribution in [3.05, 3.63) is 70.6 Å². The molecule has 0 atom stereocenters. The molecule has 2 aromatic carbocycles. The van der Waals surface area contributed by atoms with Crippen molar-refractivity contribution in [2.24, 2.45) is 0 Å². The van der Waals surface area contributed by atoms with Gasteiger partial charge in [0.05, 0.1) is 12.3 Å². The fraction of sp³-hybridized carbons (Fsp3) is 0.318. The number of rotatable bonds is 8. The van der Waals surface area contributed by atoms with Gasteiger partial charge in [0.1, 0.15) is 0 Å². The molecule has 1 aliphatic rings. The molecule has 0 radical (unpaired) electrons. The van der Waals surface area contributed by atoms with Crippen LogP contribution in [0.15, 0.2) is 52.9 Å². The zero-order valence-electron chi connectivity index (χ0n) is 16.2. The fourth-order valence-corrected chi connectivity index (χ4v) is 4.00. The second-order valence-corrected chi connectivity index (χ2v) is 8.66. The van der Waals surface area contributed by atoms with Gasteiger partial charge in [-0.1, -0.05) is 41.4 Å². The van der Waals surface area contributed by atoms with E-state index in [2.05, 4.69) is 41.4 Å². The Bertz CT molecular complexity index is 968. The molecular formula is C22H22ClN3O2S. The van der Waals surface area contributed by atoms with Crippen molar-refractivity contribution in [1.29, 1.82) is 0 Å². The van der Waals surface area contributed by atoms with E-state index < -0.39 is 0 Å². The van der Waals surface area contributed by atoms with E-state index in [9.17, 15) is 4.79 Å². The summed E-state index contributed by atoms with van der Waals surface area (Å²) in [6, 6.07) is 16.0. The summed E-state index contributed by atoms with van der Waals surface area (Å²) in [6.07, 6.45) is 2.07. The third-order valence-electron chi connectivity index (χ3n) is 4.79. The van der Waals surface area contributed by atoms with Crippen LogP contribution in [0, 0.1) is 6.92 Å². The number of aromatic nitrogens is 2. The average Bonchev–Trinajstić information content (AvgIpc) is 3.46. The Labute approximate surface area is 179 Å². The van der Waals surface area contributed by atoms with Gasteiger partial charge in [0, 0.05) is 22.4 Å². The van der Waals surface area contributed by atoms with Crippen LogP contribution < -0.4 is 0 Å².